The van der Waals surface area contributed by atoms with Gasteiger partial charge in [0.1, 0.15) is 5.75 Å². The van der Waals surface area contributed by atoms with E-state index in [1.54, 1.807) is 12.1 Å². The van der Waals surface area contributed by atoms with Crippen molar-refractivity contribution < 1.29 is 24.8 Å². The van der Waals surface area contributed by atoms with Crippen LogP contribution in [-0.4, -0.2) is 35.1 Å². The molecular weight excluding hydrogens is 356 g/mol. The zero-order valence-corrected chi connectivity index (χ0v) is 16.3. The zero-order valence-electron chi connectivity index (χ0n) is 16.3. The fraction of sp³-hybridized carbons (Fsp3) is 0.478. The van der Waals surface area contributed by atoms with E-state index in [0.717, 1.165) is 36.0 Å². The van der Waals surface area contributed by atoms with Gasteiger partial charge in [0.05, 0.1) is 25.9 Å². The molecule has 1 aliphatic carbocycles. The summed E-state index contributed by atoms with van der Waals surface area (Å²) in [5.74, 6) is 1.48. The summed E-state index contributed by atoms with van der Waals surface area (Å²) in [4.78, 5) is 0. The summed E-state index contributed by atoms with van der Waals surface area (Å²) in [6.07, 6.45) is 2.26. The van der Waals surface area contributed by atoms with Gasteiger partial charge in [-0.1, -0.05) is 12.1 Å². The first-order valence-corrected chi connectivity index (χ1v) is 9.96. The van der Waals surface area contributed by atoms with Gasteiger partial charge in [-0.3, -0.25) is 0 Å². The van der Waals surface area contributed by atoms with Gasteiger partial charge in [0.15, 0.2) is 11.5 Å². The number of methoxy groups -OCH3 is 1. The molecule has 4 rings (SSSR count). The van der Waals surface area contributed by atoms with Crippen LogP contribution in [0, 0.1) is 11.8 Å². The Bertz CT molecular complexity index is 843. The van der Waals surface area contributed by atoms with Gasteiger partial charge in [0.25, 0.3) is 0 Å². The molecule has 1 saturated carbocycles. The zero-order chi connectivity index (χ0) is 19.8. The molecule has 1 saturated heterocycles. The van der Waals surface area contributed by atoms with Crippen LogP contribution in [0.3, 0.4) is 0 Å². The van der Waals surface area contributed by atoms with E-state index in [0.29, 0.717) is 24.0 Å². The minimum atomic E-state index is -0.519. The molecule has 1 unspecified atom stereocenters. The smallest absolute Gasteiger partial charge is 0.160 e. The third-order valence-electron chi connectivity index (χ3n) is 6.08. The molecule has 0 spiro atoms. The van der Waals surface area contributed by atoms with E-state index in [4.69, 9.17) is 9.47 Å². The average molecular weight is 384 g/mol. The van der Waals surface area contributed by atoms with Gasteiger partial charge >= 0.3 is 0 Å². The van der Waals surface area contributed by atoms with Crippen LogP contribution in [0.4, 0.5) is 0 Å². The highest BCUT2D eigenvalue weighted by Gasteiger charge is 2.41. The van der Waals surface area contributed by atoms with Crippen molar-refractivity contribution in [3.8, 4) is 17.2 Å². The van der Waals surface area contributed by atoms with Crippen LogP contribution in [0.5, 0.6) is 17.2 Å². The minimum Gasteiger partial charge on any atom is -0.508 e. The minimum absolute atomic E-state index is 0.0450. The van der Waals surface area contributed by atoms with Crippen LogP contribution in [0.15, 0.2) is 36.4 Å². The summed E-state index contributed by atoms with van der Waals surface area (Å²) >= 11 is 0. The Morgan fingerprint density at radius 3 is 2.54 bits per heavy atom. The quantitative estimate of drug-likeness (QED) is 0.704. The first-order valence-electron chi connectivity index (χ1n) is 9.96. The average Bonchev–Trinajstić information content (AvgIpc) is 3.43. The molecule has 4 atom stereocenters. The van der Waals surface area contributed by atoms with Gasteiger partial charge in [-0.15, -0.1) is 0 Å². The lowest BCUT2D eigenvalue weighted by molar-refractivity contribution is 0.0372. The maximum atomic E-state index is 10.5. The number of rotatable bonds is 6. The highest BCUT2D eigenvalue weighted by Crippen LogP contribution is 2.47. The summed E-state index contributed by atoms with van der Waals surface area (Å²) in [5, 5.41) is 30.5. The van der Waals surface area contributed by atoms with Crippen LogP contribution in [-0.2, 0) is 11.2 Å². The van der Waals surface area contributed by atoms with Gasteiger partial charge < -0.3 is 24.8 Å². The molecule has 5 nitrogen and oxygen atoms in total. The second-order valence-corrected chi connectivity index (χ2v) is 8.13. The summed E-state index contributed by atoms with van der Waals surface area (Å²) in [5.41, 5.74) is 3.06. The Kier molecular flexibility index (Phi) is 5.21. The van der Waals surface area contributed by atoms with E-state index in [1.807, 2.05) is 25.1 Å². The number of benzene rings is 2. The highest BCUT2D eigenvalue weighted by atomic mass is 16.5. The predicted molar refractivity (Wildman–Crippen MR) is 106 cm³/mol. The highest BCUT2D eigenvalue weighted by molar-refractivity contribution is 5.43. The van der Waals surface area contributed by atoms with E-state index >= 15 is 0 Å². The standard InChI is InChI=1S/C23H28O5/c1-13(24)22-17(9-14-3-7-20(26)21(10-14)27-2)12-28-23(22)16-6-8-19(25)18(11-16)15-4-5-15/h3,6-8,10-11,13,15,17,22-26H,4-5,9,12H2,1-2H3/t13?,17-,22-,23+/m0/s1. The van der Waals surface area contributed by atoms with E-state index in [2.05, 4.69) is 6.07 Å². The second-order valence-electron chi connectivity index (χ2n) is 8.13. The number of ether oxygens (including phenoxy) is 2. The van der Waals surface area contributed by atoms with Crippen LogP contribution in [0.25, 0.3) is 0 Å². The van der Waals surface area contributed by atoms with Crippen LogP contribution < -0.4 is 4.74 Å². The van der Waals surface area contributed by atoms with E-state index in [9.17, 15) is 15.3 Å². The SMILES string of the molecule is COc1cc(C[C@H]2CO[C@H](c3ccc(O)c(C4CC4)c3)[C@H]2C(C)O)ccc1O. The molecule has 0 bridgehead atoms. The lowest BCUT2D eigenvalue weighted by atomic mass is 9.80. The predicted octanol–water partition coefficient (Wildman–Crippen LogP) is 3.91. The Labute approximate surface area is 165 Å². The maximum absolute atomic E-state index is 10.5. The van der Waals surface area contributed by atoms with Gasteiger partial charge in [0, 0.05) is 5.92 Å². The molecule has 2 aromatic carbocycles. The summed E-state index contributed by atoms with van der Waals surface area (Å²) in [6.45, 7) is 2.38. The number of aliphatic hydroxyl groups excluding tert-OH is 1. The topological polar surface area (TPSA) is 79.2 Å². The second kappa shape index (κ2) is 7.64. The molecule has 150 valence electrons. The number of hydrogen-bond acceptors (Lipinski definition) is 5. The molecule has 0 radical (unpaired) electrons. The van der Waals surface area contributed by atoms with Crippen molar-refractivity contribution >= 4 is 0 Å². The molecule has 2 aliphatic rings. The summed E-state index contributed by atoms with van der Waals surface area (Å²) in [6, 6.07) is 11.1. The first kappa shape index (κ1) is 19.1. The Balaban J connectivity index is 1.57. The molecule has 5 heteroatoms. The number of phenolic OH excluding ortho intramolecular Hbond substituents is 2. The fourth-order valence-corrected chi connectivity index (χ4v) is 4.48. The molecule has 2 aromatic rings. The molecular formula is C23H28O5. The van der Waals surface area contributed by atoms with Gasteiger partial charge in [-0.25, -0.2) is 0 Å². The molecule has 2 fully saturated rings. The van der Waals surface area contributed by atoms with Crippen LogP contribution in [0.2, 0.25) is 0 Å². The fourth-order valence-electron chi connectivity index (χ4n) is 4.48. The third-order valence-corrected chi connectivity index (χ3v) is 6.08. The summed E-state index contributed by atoms with van der Waals surface area (Å²) < 4.78 is 11.4. The van der Waals surface area contributed by atoms with Crippen LogP contribution >= 0.6 is 0 Å². The number of aromatic hydroxyl groups is 2. The van der Waals surface area contributed by atoms with Crippen molar-refractivity contribution in [1.82, 2.24) is 0 Å². The molecule has 3 N–H and O–H groups in total. The Morgan fingerprint density at radius 2 is 1.86 bits per heavy atom. The number of phenols is 2. The molecule has 28 heavy (non-hydrogen) atoms. The van der Waals surface area contributed by atoms with Gasteiger partial charge in [0.2, 0.25) is 0 Å². The lowest BCUT2D eigenvalue weighted by Crippen LogP contribution is -2.27. The van der Waals surface area contributed by atoms with Gasteiger partial charge in [-0.05, 0) is 79.0 Å². The molecule has 1 aliphatic heterocycles. The van der Waals surface area contributed by atoms with E-state index < -0.39 is 6.10 Å². The third kappa shape index (κ3) is 3.69. The first-order chi connectivity index (χ1) is 13.5. The lowest BCUT2D eigenvalue weighted by Gasteiger charge is -2.26. The molecule has 0 amide bonds. The van der Waals surface area contributed by atoms with Gasteiger partial charge in [-0.2, -0.15) is 0 Å². The van der Waals surface area contributed by atoms with E-state index in [-0.39, 0.29) is 23.7 Å². The summed E-state index contributed by atoms with van der Waals surface area (Å²) in [7, 11) is 1.54. The van der Waals surface area contributed by atoms with Crippen molar-refractivity contribution in [2.45, 2.75) is 44.3 Å². The maximum Gasteiger partial charge on any atom is 0.160 e. The molecule has 0 aromatic heterocycles. The van der Waals surface area contributed by atoms with Crippen LogP contribution in [0.1, 0.15) is 48.5 Å². The van der Waals surface area contributed by atoms with Crippen molar-refractivity contribution in [3.05, 3.63) is 53.1 Å². The van der Waals surface area contributed by atoms with Crippen molar-refractivity contribution in [1.29, 1.82) is 0 Å². The normalized spacial score (nSPS) is 25.6. The molecule has 1 heterocycles. The van der Waals surface area contributed by atoms with Crippen molar-refractivity contribution in [2.75, 3.05) is 13.7 Å². The van der Waals surface area contributed by atoms with Crippen molar-refractivity contribution in [3.63, 3.8) is 0 Å². The Morgan fingerprint density at radius 1 is 1.11 bits per heavy atom. The number of aliphatic hydroxyl groups is 1. The monoisotopic (exact) mass is 384 g/mol. The van der Waals surface area contributed by atoms with E-state index in [1.165, 1.54) is 7.11 Å². The largest absolute Gasteiger partial charge is 0.508 e. The number of hydrogen-bond donors (Lipinski definition) is 3. The Hall–Kier alpha value is -2.24. The van der Waals surface area contributed by atoms with Crippen molar-refractivity contribution in [2.24, 2.45) is 11.8 Å².